The van der Waals surface area contributed by atoms with Gasteiger partial charge < -0.3 is 20.6 Å². The third-order valence-corrected chi connectivity index (χ3v) is 4.27. The Morgan fingerprint density at radius 3 is 2.08 bits per heavy atom. The van der Waals surface area contributed by atoms with Crippen LogP contribution in [0.3, 0.4) is 0 Å². The fourth-order valence-corrected chi connectivity index (χ4v) is 2.75. The largest absolute Gasteiger partial charge is 0.394 e. The number of carbonyl (C=O) groups is 2. The summed E-state index contributed by atoms with van der Waals surface area (Å²) >= 11 is 0. The van der Waals surface area contributed by atoms with Crippen LogP contribution in [-0.4, -0.2) is 52.4 Å². The van der Waals surface area contributed by atoms with Crippen LogP contribution in [0.1, 0.15) is 26.3 Å². The molecule has 0 spiro atoms. The Kier molecular flexibility index (Phi) is 4.19. The lowest BCUT2D eigenvalue weighted by atomic mass is 10.0. The number of hydrogen-bond donors (Lipinski definition) is 4. The van der Waals surface area contributed by atoms with Crippen molar-refractivity contribution in [2.45, 2.75) is 5.54 Å². The molecule has 0 saturated heterocycles. The lowest BCUT2D eigenvalue weighted by Crippen LogP contribution is -2.57. The second-order valence-electron chi connectivity index (χ2n) is 5.84. The van der Waals surface area contributed by atoms with Gasteiger partial charge in [0.25, 0.3) is 5.91 Å². The molecule has 0 fully saturated rings. The molecule has 0 saturated carbocycles. The summed E-state index contributed by atoms with van der Waals surface area (Å²) in [5.41, 5.74) is 1.34. The highest BCUT2D eigenvalue weighted by Crippen LogP contribution is 2.36. The zero-order chi connectivity index (χ0) is 17.3. The van der Waals surface area contributed by atoms with Gasteiger partial charge in [0.05, 0.1) is 19.8 Å². The average Bonchev–Trinajstić information content (AvgIpc) is 2.92. The van der Waals surface area contributed by atoms with E-state index in [1.54, 1.807) is 24.3 Å². The minimum Gasteiger partial charge on any atom is -0.394 e. The zero-order valence-electron chi connectivity index (χ0n) is 12.8. The second-order valence-corrected chi connectivity index (χ2v) is 5.84. The van der Waals surface area contributed by atoms with Gasteiger partial charge in [-0.2, -0.15) is 0 Å². The van der Waals surface area contributed by atoms with Gasteiger partial charge in [0.1, 0.15) is 5.54 Å². The van der Waals surface area contributed by atoms with E-state index in [-0.39, 0.29) is 11.3 Å². The van der Waals surface area contributed by atoms with Crippen molar-refractivity contribution in [2.75, 3.05) is 19.8 Å². The molecule has 0 heterocycles. The maximum Gasteiger partial charge on any atom is 0.251 e. The fraction of sp³-hybridized carbons (Fsp3) is 0.222. The summed E-state index contributed by atoms with van der Waals surface area (Å²) in [5, 5.41) is 30.3. The Balaban J connectivity index is 1.93. The summed E-state index contributed by atoms with van der Waals surface area (Å²) in [6, 6.07) is 12.0. The van der Waals surface area contributed by atoms with Crippen molar-refractivity contribution in [3.63, 3.8) is 0 Å². The van der Waals surface area contributed by atoms with Gasteiger partial charge in [0.2, 0.25) is 0 Å². The van der Waals surface area contributed by atoms with E-state index in [9.17, 15) is 24.9 Å². The number of amides is 1. The Morgan fingerprint density at radius 2 is 1.46 bits per heavy atom. The minimum atomic E-state index is -1.51. The van der Waals surface area contributed by atoms with Gasteiger partial charge in [-0.05, 0) is 23.3 Å². The molecule has 1 aliphatic carbocycles. The van der Waals surface area contributed by atoms with E-state index in [1.165, 1.54) is 6.07 Å². The number of benzene rings is 2. The molecule has 0 aromatic heterocycles. The van der Waals surface area contributed by atoms with Crippen LogP contribution in [0.15, 0.2) is 42.5 Å². The van der Waals surface area contributed by atoms with Gasteiger partial charge in [-0.15, -0.1) is 0 Å². The lowest BCUT2D eigenvalue weighted by molar-refractivity contribution is 0.0375. The molecule has 124 valence electrons. The second kappa shape index (κ2) is 6.16. The van der Waals surface area contributed by atoms with Gasteiger partial charge in [0, 0.05) is 16.7 Å². The third kappa shape index (κ3) is 2.50. The first kappa shape index (κ1) is 16.3. The molecule has 6 nitrogen and oxygen atoms in total. The first-order chi connectivity index (χ1) is 11.5. The van der Waals surface area contributed by atoms with E-state index in [1.807, 2.05) is 12.1 Å². The van der Waals surface area contributed by atoms with Crippen molar-refractivity contribution >= 4 is 11.7 Å². The highest BCUT2D eigenvalue weighted by Gasteiger charge is 2.32. The molecule has 3 rings (SSSR count). The van der Waals surface area contributed by atoms with Crippen LogP contribution in [0.4, 0.5) is 0 Å². The lowest BCUT2D eigenvalue weighted by Gasteiger charge is -2.28. The summed E-state index contributed by atoms with van der Waals surface area (Å²) in [5.74, 6) is -0.730. The zero-order valence-corrected chi connectivity index (χ0v) is 12.8. The van der Waals surface area contributed by atoms with E-state index in [4.69, 9.17) is 0 Å². The summed E-state index contributed by atoms with van der Waals surface area (Å²) in [4.78, 5) is 24.8. The average molecular weight is 327 g/mol. The quantitative estimate of drug-likeness (QED) is 0.541. The Bertz CT molecular complexity index is 803. The van der Waals surface area contributed by atoms with E-state index in [0.717, 1.165) is 11.1 Å². The number of fused-ring (bicyclic) bond motifs is 3. The maximum atomic E-state index is 12.5. The molecule has 24 heavy (non-hydrogen) atoms. The Labute approximate surface area is 138 Å². The molecule has 0 aliphatic heterocycles. The molecule has 1 amide bonds. The minimum absolute atomic E-state index is 0.145. The van der Waals surface area contributed by atoms with Crippen molar-refractivity contribution in [1.29, 1.82) is 0 Å². The highest BCUT2D eigenvalue weighted by atomic mass is 16.3. The van der Waals surface area contributed by atoms with Crippen molar-refractivity contribution < 1.29 is 24.9 Å². The fourth-order valence-electron chi connectivity index (χ4n) is 2.75. The van der Waals surface area contributed by atoms with Gasteiger partial charge in [-0.1, -0.05) is 30.3 Å². The van der Waals surface area contributed by atoms with Crippen molar-refractivity contribution in [3.05, 3.63) is 59.2 Å². The van der Waals surface area contributed by atoms with Crippen LogP contribution >= 0.6 is 0 Å². The standard InChI is InChI=1S/C18H17NO5/c20-8-18(9-21,10-22)19-17(24)11-5-6-13-12-3-1-2-4-14(12)16(23)15(13)7-11/h1-7,20-22H,8-10H2,(H,19,24). The number of ketones is 1. The number of carbonyl (C=O) groups excluding carboxylic acids is 2. The van der Waals surface area contributed by atoms with Gasteiger partial charge in [-0.3, -0.25) is 9.59 Å². The van der Waals surface area contributed by atoms with E-state index in [0.29, 0.717) is 11.1 Å². The molecule has 2 aromatic carbocycles. The summed E-state index contributed by atoms with van der Waals surface area (Å²) in [6.45, 7) is -1.83. The Hall–Kier alpha value is -2.54. The van der Waals surface area contributed by atoms with Crippen LogP contribution in [0.5, 0.6) is 0 Å². The number of aliphatic hydroxyl groups is 3. The summed E-state index contributed by atoms with van der Waals surface area (Å²) in [7, 11) is 0. The SMILES string of the molecule is O=C(NC(CO)(CO)CO)c1ccc2c(c1)C(=O)c1ccccc1-2. The van der Waals surface area contributed by atoms with Gasteiger partial charge in [-0.25, -0.2) is 0 Å². The first-order valence-electron chi connectivity index (χ1n) is 7.48. The highest BCUT2D eigenvalue weighted by molar-refractivity contribution is 6.22. The summed E-state index contributed by atoms with van der Waals surface area (Å²) in [6.07, 6.45) is 0. The monoisotopic (exact) mass is 327 g/mol. The van der Waals surface area contributed by atoms with Crippen LogP contribution in [0.2, 0.25) is 0 Å². The molecule has 4 N–H and O–H groups in total. The smallest absolute Gasteiger partial charge is 0.251 e. The van der Waals surface area contributed by atoms with Crippen LogP contribution in [-0.2, 0) is 0 Å². The normalized spacial score (nSPS) is 12.7. The molecule has 0 bridgehead atoms. The van der Waals surface area contributed by atoms with Crippen LogP contribution in [0.25, 0.3) is 11.1 Å². The van der Waals surface area contributed by atoms with Crippen LogP contribution in [0, 0.1) is 0 Å². The van der Waals surface area contributed by atoms with Crippen LogP contribution < -0.4 is 5.32 Å². The number of aliphatic hydroxyl groups excluding tert-OH is 3. The molecule has 0 unspecified atom stereocenters. The molecule has 0 atom stereocenters. The van der Waals surface area contributed by atoms with Gasteiger partial charge >= 0.3 is 0 Å². The van der Waals surface area contributed by atoms with Crippen molar-refractivity contribution in [2.24, 2.45) is 0 Å². The third-order valence-electron chi connectivity index (χ3n) is 4.27. The predicted octanol–water partition coefficient (Wildman–Crippen LogP) is 0.344. The van der Waals surface area contributed by atoms with E-state index >= 15 is 0 Å². The predicted molar refractivity (Wildman–Crippen MR) is 86.8 cm³/mol. The molecule has 6 heteroatoms. The maximum absolute atomic E-state index is 12.5. The van der Waals surface area contributed by atoms with Gasteiger partial charge in [0.15, 0.2) is 5.78 Å². The molecular formula is C18H17NO5. The number of rotatable bonds is 5. The molecular weight excluding hydrogens is 310 g/mol. The van der Waals surface area contributed by atoms with E-state index in [2.05, 4.69) is 5.32 Å². The van der Waals surface area contributed by atoms with Crippen molar-refractivity contribution in [1.82, 2.24) is 5.32 Å². The number of nitrogens with one attached hydrogen (secondary N) is 1. The first-order valence-corrected chi connectivity index (χ1v) is 7.48. The van der Waals surface area contributed by atoms with E-state index < -0.39 is 31.3 Å². The van der Waals surface area contributed by atoms with Crippen molar-refractivity contribution in [3.8, 4) is 11.1 Å². The number of hydrogen-bond acceptors (Lipinski definition) is 5. The molecule has 1 aliphatic rings. The molecule has 0 radical (unpaired) electrons. The Morgan fingerprint density at radius 1 is 0.875 bits per heavy atom. The molecule has 2 aromatic rings. The topological polar surface area (TPSA) is 107 Å². The summed E-state index contributed by atoms with van der Waals surface area (Å²) < 4.78 is 0.